The van der Waals surface area contributed by atoms with Crippen LogP contribution in [0.3, 0.4) is 0 Å². The molecule has 7 aromatic carbocycles. The van der Waals surface area contributed by atoms with Gasteiger partial charge in [0, 0.05) is 27.5 Å². The lowest BCUT2D eigenvalue weighted by Gasteiger charge is -2.13. The summed E-state index contributed by atoms with van der Waals surface area (Å²) in [6.07, 6.45) is 0. The number of para-hydroxylation sites is 1. The molecule has 9 aromatic rings. The molecule has 45 heavy (non-hydrogen) atoms. The molecule has 0 saturated heterocycles. The first kappa shape index (κ1) is 25.4. The molecule has 0 aliphatic heterocycles. The van der Waals surface area contributed by atoms with Crippen molar-refractivity contribution in [1.82, 2.24) is 15.0 Å². The highest BCUT2D eigenvalue weighted by Crippen LogP contribution is 2.40. The van der Waals surface area contributed by atoms with Crippen LogP contribution in [0, 0.1) is 0 Å². The van der Waals surface area contributed by atoms with E-state index in [9.17, 15) is 0 Å². The number of nitrogens with zero attached hydrogens (tertiary/aromatic N) is 3. The van der Waals surface area contributed by atoms with Crippen molar-refractivity contribution in [1.29, 1.82) is 0 Å². The van der Waals surface area contributed by atoms with Gasteiger partial charge < -0.3 is 4.42 Å². The zero-order valence-corrected chi connectivity index (χ0v) is 24.2. The minimum absolute atomic E-state index is 0.593. The Kier molecular flexibility index (Phi) is 5.78. The van der Waals surface area contributed by atoms with Crippen molar-refractivity contribution in [2.45, 2.75) is 0 Å². The number of fused-ring (bicyclic) bond motifs is 6. The predicted octanol–water partition coefficient (Wildman–Crippen LogP) is 10.7. The summed E-state index contributed by atoms with van der Waals surface area (Å²) in [4.78, 5) is 15.3. The lowest BCUT2D eigenvalue weighted by molar-refractivity contribution is 0.669. The van der Waals surface area contributed by atoms with Gasteiger partial charge in [0.2, 0.25) is 0 Å². The summed E-state index contributed by atoms with van der Waals surface area (Å²) in [5, 5.41) is 6.79. The Bertz CT molecular complexity index is 2540. The van der Waals surface area contributed by atoms with E-state index in [1.807, 2.05) is 48.5 Å². The van der Waals surface area contributed by atoms with Gasteiger partial charge in [0.15, 0.2) is 17.5 Å². The second-order valence-corrected chi connectivity index (χ2v) is 11.2. The topological polar surface area (TPSA) is 51.8 Å². The van der Waals surface area contributed by atoms with E-state index in [0.717, 1.165) is 60.5 Å². The van der Waals surface area contributed by atoms with Gasteiger partial charge >= 0.3 is 0 Å². The normalized spacial score (nSPS) is 11.6. The van der Waals surface area contributed by atoms with Crippen LogP contribution >= 0.6 is 0 Å². The zero-order valence-electron chi connectivity index (χ0n) is 24.2. The Balaban J connectivity index is 1.35. The van der Waals surface area contributed by atoms with Gasteiger partial charge in [0.25, 0.3) is 0 Å². The maximum atomic E-state index is 6.44. The molecule has 0 spiro atoms. The molecule has 210 valence electrons. The van der Waals surface area contributed by atoms with Gasteiger partial charge in [-0.3, -0.25) is 0 Å². The zero-order chi connectivity index (χ0) is 29.7. The van der Waals surface area contributed by atoms with Crippen LogP contribution in [0.5, 0.6) is 0 Å². The maximum absolute atomic E-state index is 6.44. The van der Waals surface area contributed by atoms with Gasteiger partial charge in [-0.15, -0.1) is 0 Å². The first-order chi connectivity index (χ1) is 22.3. The van der Waals surface area contributed by atoms with E-state index in [2.05, 4.69) is 103 Å². The Morgan fingerprint density at radius 1 is 0.356 bits per heavy atom. The van der Waals surface area contributed by atoms with Crippen molar-refractivity contribution < 1.29 is 4.42 Å². The van der Waals surface area contributed by atoms with Crippen molar-refractivity contribution >= 4 is 43.5 Å². The third-order valence-corrected chi connectivity index (χ3v) is 8.50. The third kappa shape index (κ3) is 4.27. The maximum Gasteiger partial charge on any atom is 0.164 e. The number of furan rings is 1. The molecule has 4 nitrogen and oxygen atoms in total. The summed E-state index contributed by atoms with van der Waals surface area (Å²) in [7, 11) is 0. The summed E-state index contributed by atoms with van der Waals surface area (Å²) in [6.45, 7) is 0. The second kappa shape index (κ2) is 10.2. The molecule has 0 N–H and O–H groups in total. The smallest absolute Gasteiger partial charge is 0.164 e. The van der Waals surface area contributed by atoms with Crippen molar-refractivity contribution in [3.8, 4) is 45.3 Å². The molecule has 0 aliphatic rings. The molecular formula is C41H25N3O. The third-order valence-electron chi connectivity index (χ3n) is 8.50. The van der Waals surface area contributed by atoms with Crippen LogP contribution in [-0.2, 0) is 0 Å². The minimum atomic E-state index is 0.593. The van der Waals surface area contributed by atoms with Crippen LogP contribution in [0.15, 0.2) is 156 Å². The Hall–Kier alpha value is -6.13. The molecule has 0 atom stereocenters. The molecule has 0 radical (unpaired) electrons. The summed E-state index contributed by atoms with van der Waals surface area (Å²) in [6, 6.07) is 52.1. The van der Waals surface area contributed by atoms with Crippen molar-refractivity contribution in [2.24, 2.45) is 0 Å². The van der Waals surface area contributed by atoms with Gasteiger partial charge in [-0.05, 0) is 56.9 Å². The summed E-state index contributed by atoms with van der Waals surface area (Å²) in [5.74, 6) is 1.85. The highest BCUT2D eigenvalue weighted by atomic mass is 16.3. The van der Waals surface area contributed by atoms with E-state index >= 15 is 0 Å². The average molecular weight is 576 g/mol. The van der Waals surface area contributed by atoms with E-state index in [-0.39, 0.29) is 0 Å². The summed E-state index contributed by atoms with van der Waals surface area (Å²) >= 11 is 0. The number of benzene rings is 7. The minimum Gasteiger partial charge on any atom is -0.456 e. The van der Waals surface area contributed by atoms with Crippen molar-refractivity contribution in [2.75, 3.05) is 0 Å². The predicted molar refractivity (Wildman–Crippen MR) is 184 cm³/mol. The van der Waals surface area contributed by atoms with Gasteiger partial charge in [-0.25, -0.2) is 15.0 Å². The standard InChI is InChI=1S/C41H25N3O/c1-3-13-26(14-4-1)34-24-29(25-37-38(34)33-21-11-12-22-36(33)45-37)40-42-39(27-15-5-2-6-16-27)43-41(44-40)35-23-28-17-7-8-18-30(28)31-19-9-10-20-32(31)35/h1-25H. The molecule has 0 aliphatic carbocycles. The fourth-order valence-electron chi connectivity index (χ4n) is 6.41. The molecule has 4 heteroatoms. The summed E-state index contributed by atoms with van der Waals surface area (Å²) < 4.78 is 6.44. The van der Waals surface area contributed by atoms with E-state index in [4.69, 9.17) is 19.4 Å². The molecule has 0 bridgehead atoms. The van der Waals surface area contributed by atoms with Crippen LogP contribution in [0.25, 0.3) is 88.8 Å². The molecular weight excluding hydrogens is 550 g/mol. The van der Waals surface area contributed by atoms with Crippen LogP contribution < -0.4 is 0 Å². The molecule has 2 aromatic heterocycles. The largest absolute Gasteiger partial charge is 0.456 e. The molecule has 0 fully saturated rings. The number of hydrogen-bond donors (Lipinski definition) is 0. The van der Waals surface area contributed by atoms with E-state index < -0.39 is 0 Å². The number of aromatic nitrogens is 3. The highest BCUT2D eigenvalue weighted by Gasteiger charge is 2.19. The van der Waals surface area contributed by atoms with Crippen LogP contribution in [-0.4, -0.2) is 15.0 Å². The Morgan fingerprint density at radius 3 is 1.71 bits per heavy atom. The molecule has 2 heterocycles. The molecule has 9 rings (SSSR count). The average Bonchev–Trinajstić information content (AvgIpc) is 3.50. The fraction of sp³-hybridized carbons (Fsp3) is 0. The molecule has 0 unspecified atom stereocenters. The van der Waals surface area contributed by atoms with E-state index in [1.165, 1.54) is 10.8 Å². The lowest BCUT2D eigenvalue weighted by Crippen LogP contribution is -2.01. The van der Waals surface area contributed by atoms with Crippen LogP contribution in [0.4, 0.5) is 0 Å². The fourth-order valence-corrected chi connectivity index (χ4v) is 6.41. The van der Waals surface area contributed by atoms with Gasteiger partial charge in [-0.2, -0.15) is 0 Å². The Morgan fingerprint density at radius 2 is 0.933 bits per heavy atom. The first-order valence-electron chi connectivity index (χ1n) is 15.0. The van der Waals surface area contributed by atoms with E-state index in [0.29, 0.717) is 17.5 Å². The molecule has 0 amide bonds. The second-order valence-electron chi connectivity index (χ2n) is 11.2. The lowest BCUT2D eigenvalue weighted by atomic mass is 9.96. The number of hydrogen-bond acceptors (Lipinski definition) is 4. The molecule has 0 saturated carbocycles. The van der Waals surface area contributed by atoms with Gasteiger partial charge in [-0.1, -0.05) is 127 Å². The van der Waals surface area contributed by atoms with Crippen LogP contribution in [0.2, 0.25) is 0 Å². The Labute approximate surface area is 259 Å². The first-order valence-corrected chi connectivity index (χ1v) is 15.0. The summed E-state index contributed by atoms with van der Waals surface area (Å²) in [5.41, 5.74) is 6.60. The highest BCUT2D eigenvalue weighted by molar-refractivity contribution is 6.14. The van der Waals surface area contributed by atoms with Crippen LogP contribution in [0.1, 0.15) is 0 Å². The van der Waals surface area contributed by atoms with Crippen molar-refractivity contribution in [3.63, 3.8) is 0 Å². The van der Waals surface area contributed by atoms with Gasteiger partial charge in [0.1, 0.15) is 11.2 Å². The van der Waals surface area contributed by atoms with E-state index in [1.54, 1.807) is 0 Å². The van der Waals surface area contributed by atoms with Gasteiger partial charge in [0.05, 0.1) is 0 Å². The monoisotopic (exact) mass is 575 g/mol. The quantitative estimate of drug-likeness (QED) is 0.196. The SMILES string of the molecule is c1ccc(-c2nc(-c3cc(-c4ccccc4)c4c(c3)oc3ccccc34)nc(-c3cc4ccccc4c4ccccc34)n2)cc1. The number of rotatable bonds is 4. The van der Waals surface area contributed by atoms with Crippen molar-refractivity contribution in [3.05, 3.63) is 152 Å².